The predicted octanol–water partition coefficient (Wildman–Crippen LogP) is 5.84. The molecule has 0 aliphatic carbocycles. The van der Waals surface area contributed by atoms with E-state index in [0.717, 1.165) is 39.1 Å². The monoisotopic (exact) mass is 440 g/mol. The highest BCUT2D eigenvalue weighted by atomic mass is 35.5. The molecule has 2 heterocycles. The van der Waals surface area contributed by atoms with Gasteiger partial charge in [0, 0.05) is 22.6 Å². The first-order chi connectivity index (χ1) is 15.5. The summed E-state index contributed by atoms with van der Waals surface area (Å²) in [5, 5.41) is 5.23. The number of halogens is 1. The molecular weight excluding hydrogens is 420 g/mol. The molecule has 32 heavy (non-hydrogen) atoms. The number of hydrogen-bond acceptors (Lipinski definition) is 3. The number of benzene rings is 3. The highest BCUT2D eigenvalue weighted by molar-refractivity contribution is 6.35. The Morgan fingerprint density at radius 1 is 1.09 bits per heavy atom. The van der Waals surface area contributed by atoms with E-state index in [4.69, 9.17) is 11.6 Å². The fraction of sp³-hybridized carbons (Fsp3) is 0.0769. The molecule has 0 aliphatic rings. The minimum atomic E-state index is -0.215. The van der Waals surface area contributed by atoms with E-state index in [-0.39, 0.29) is 11.6 Å². The highest BCUT2D eigenvalue weighted by Crippen LogP contribution is 2.27. The van der Waals surface area contributed by atoms with Gasteiger partial charge >= 0.3 is 0 Å². The summed E-state index contributed by atoms with van der Waals surface area (Å²) in [7, 11) is 0. The van der Waals surface area contributed by atoms with Crippen molar-refractivity contribution in [2.75, 3.05) is 0 Å². The molecule has 0 bridgehead atoms. The summed E-state index contributed by atoms with van der Waals surface area (Å²) < 4.78 is 1.72. The van der Waals surface area contributed by atoms with Gasteiger partial charge in [-0.25, -0.2) is 4.98 Å². The zero-order chi connectivity index (χ0) is 22.2. The smallest absolute Gasteiger partial charge is 0.264 e. The summed E-state index contributed by atoms with van der Waals surface area (Å²) in [4.78, 5) is 21.1. The molecule has 6 heteroatoms. The van der Waals surface area contributed by atoms with Crippen molar-refractivity contribution in [3.63, 3.8) is 0 Å². The Morgan fingerprint density at radius 3 is 2.69 bits per heavy atom. The van der Waals surface area contributed by atoms with Crippen LogP contribution in [-0.2, 0) is 0 Å². The van der Waals surface area contributed by atoms with Crippen molar-refractivity contribution in [3.8, 4) is 5.69 Å². The van der Waals surface area contributed by atoms with Crippen LogP contribution < -0.4 is 10.9 Å². The van der Waals surface area contributed by atoms with Gasteiger partial charge in [0.25, 0.3) is 5.56 Å². The number of aromatic amines is 1. The molecule has 5 aromatic rings. The maximum atomic E-state index is 13.6. The number of pyridine rings is 1. The zero-order valence-corrected chi connectivity index (χ0v) is 18.2. The van der Waals surface area contributed by atoms with Crippen molar-refractivity contribution in [2.24, 2.45) is 0 Å². The van der Waals surface area contributed by atoms with Gasteiger partial charge in [-0.15, -0.1) is 0 Å². The normalized spacial score (nSPS) is 12.2. The lowest BCUT2D eigenvalue weighted by molar-refractivity contribution is 0.652. The molecule has 2 aromatic heterocycles. The van der Waals surface area contributed by atoms with E-state index in [1.807, 2.05) is 73.7 Å². The first-order valence-electron chi connectivity index (χ1n) is 10.3. The average molecular weight is 441 g/mol. The largest absolute Gasteiger partial charge is 0.377 e. The zero-order valence-electron chi connectivity index (χ0n) is 17.5. The second kappa shape index (κ2) is 8.02. The molecule has 158 valence electrons. The van der Waals surface area contributed by atoms with Crippen molar-refractivity contribution in [2.45, 2.75) is 13.0 Å². The number of imidazole rings is 1. The van der Waals surface area contributed by atoms with Crippen LogP contribution in [0, 0.1) is 0 Å². The van der Waals surface area contributed by atoms with Gasteiger partial charge in [-0.1, -0.05) is 60.6 Å². The number of H-pyrrole nitrogens is 1. The van der Waals surface area contributed by atoms with Crippen LogP contribution in [0.25, 0.3) is 33.2 Å². The van der Waals surface area contributed by atoms with Crippen LogP contribution in [-0.4, -0.2) is 14.5 Å². The van der Waals surface area contributed by atoms with Crippen LogP contribution in [0.15, 0.2) is 90.5 Å². The minimum Gasteiger partial charge on any atom is -0.377 e. The average Bonchev–Trinajstić information content (AvgIpc) is 3.28. The molecule has 0 unspecified atom stereocenters. The maximum Gasteiger partial charge on any atom is 0.264 e. The van der Waals surface area contributed by atoms with Gasteiger partial charge in [0.2, 0.25) is 0 Å². The first kappa shape index (κ1) is 20.1. The topological polar surface area (TPSA) is 62.7 Å². The molecule has 3 aromatic carbocycles. The SMILES string of the molecule is C=C(N[C@@H](C)c1cc2cccc(Cl)c2c(=O)n1-c1ccccc1)c1cccc2[nH]cnc12. The van der Waals surface area contributed by atoms with E-state index >= 15 is 0 Å². The lowest BCUT2D eigenvalue weighted by Gasteiger charge is -2.23. The number of rotatable bonds is 5. The van der Waals surface area contributed by atoms with Crippen molar-refractivity contribution in [1.82, 2.24) is 19.9 Å². The molecule has 5 rings (SSSR count). The van der Waals surface area contributed by atoms with Crippen LogP contribution in [0.5, 0.6) is 0 Å². The van der Waals surface area contributed by atoms with Gasteiger partial charge in [-0.05, 0) is 42.6 Å². The van der Waals surface area contributed by atoms with E-state index in [1.165, 1.54) is 0 Å². The number of para-hydroxylation sites is 2. The number of fused-ring (bicyclic) bond motifs is 2. The van der Waals surface area contributed by atoms with Crippen molar-refractivity contribution in [3.05, 3.63) is 112 Å². The summed E-state index contributed by atoms with van der Waals surface area (Å²) >= 11 is 6.41. The van der Waals surface area contributed by atoms with Crippen LogP contribution >= 0.6 is 11.6 Å². The number of hydrogen-bond donors (Lipinski definition) is 2. The number of nitrogens with one attached hydrogen (secondary N) is 2. The molecule has 2 N–H and O–H groups in total. The molecule has 5 nitrogen and oxygen atoms in total. The molecule has 0 radical (unpaired) electrons. The summed E-state index contributed by atoms with van der Waals surface area (Å²) in [5.74, 6) is 0. The van der Waals surface area contributed by atoms with Crippen LogP contribution in [0.3, 0.4) is 0 Å². The molecular formula is C26H21ClN4O. The maximum absolute atomic E-state index is 13.6. The van der Waals surface area contributed by atoms with Gasteiger partial charge in [-0.3, -0.25) is 9.36 Å². The predicted molar refractivity (Wildman–Crippen MR) is 131 cm³/mol. The Hall–Kier alpha value is -3.83. The number of nitrogens with zero attached hydrogens (tertiary/aromatic N) is 2. The minimum absolute atomic E-state index is 0.150. The quantitative estimate of drug-likeness (QED) is 0.360. The second-order valence-electron chi connectivity index (χ2n) is 7.70. The van der Waals surface area contributed by atoms with Crippen LogP contribution in [0.2, 0.25) is 5.02 Å². The first-order valence-corrected chi connectivity index (χ1v) is 10.7. The van der Waals surface area contributed by atoms with Crippen molar-refractivity contribution in [1.29, 1.82) is 0 Å². The van der Waals surface area contributed by atoms with E-state index in [1.54, 1.807) is 17.0 Å². The summed E-state index contributed by atoms with van der Waals surface area (Å²) in [6.45, 7) is 6.26. The van der Waals surface area contributed by atoms with Crippen molar-refractivity contribution < 1.29 is 0 Å². The van der Waals surface area contributed by atoms with E-state index < -0.39 is 0 Å². The summed E-state index contributed by atoms with van der Waals surface area (Å²) in [6.07, 6.45) is 1.67. The van der Waals surface area contributed by atoms with Crippen molar-refractivity contribution >= 4 is 39.1 Å². The highest BCUT2D eigenvalue weighted by Gasteiger charge is 2.19. The fourth-order valence-corrected chi connectivity index (χ4v) is 4.39. The van der Waals surface area contributed by atoms with Gasteiger partial charge in [0.1, 0.15) is 0 Å². The Bertz CT molecular complexity index is 1520. The van der Waals surface area contributed by atoms with E-state index in [9.17, 15) is 4.79 Å². The standard InChI is InChI=1S/C26H21ClN4O/c1-16(20-11-7-13-22-25(20)29-15-28-22)30-17(2)23-14-18-8-6-12-21(27)24(18)26(32)31(23)19-9-4-3-5-10-19/h3-15,17,30H,1H2,2H3,(H,28,29)/t17-/m0/s1. The van der Waals surface area contributed by atoms with E-state index in [0.29, 0.717) is 10.4 Å². The van der Waals surface area contributed by atoms with Crippen LogP contribution in [0.1, 0.15) is 24.2 Å². The van der Waals surface area contributed by atoms with Crippen LogP contribution in [0.4, 0.5) is 0 Å². The van der Waals surface area contributed by atoms with Gasteiger partial charge in [0.05, 0.1) is 33.8 Å². The van der Waals surface area contributed by atoms with Gasteiger partial charge in [-0.2, -0.15) is 0 Å². The Labute approximate surface area is 190 Å². The van der Waals surface area contributed by atoms with E-state index in [2.05, 4.69) is 21.9 Å². The third kappa shape index (κ3) is 3.37. The molecule has 1 atom stereocenters. The molecule has 0 spiro atoms. The Morgan fingerprint density at radius 2 is 1.88 bits per heavy atom. The molecule has 0 amide bonds. The summed E-state index contributed by atoms with van der Waals surface area (Å²) in [5.41, 5.74) is 4.88. The Balaban J connectivity index is 1.63. The molecule has 0 fully saturated rings. The van der Waals surface area contributed by atoms with Gasteiger partial charge in [0.15, 0.2) is 0 Å². The van der Waals surface area contributed by atoms with Gasteiger partial charge < -0.3 is 10.3 Å². The fourth-order valence-electron chi connectivity index (χ4n) is 4.12. The third-order valence-corrected chi connectivity index (χ3v) is 5.96. The number of aromatic nitrogens is 3. The molecule has 0 saturated carbocycles. The lowest BCUT2D eigenvalue weighted by atomic mass is 10.1. The Kier molecular flexibility index (Phi) is 5.04. The molecule has 0 saturated heterocycles. The second-order valence-corrected chi connectivity index (χ2v) is 8.11. The third-order valence-electron chi connectivity index (χ3n) is 5.65. The summed E-state index contributed by atoms with van der Waals surface area (Å²) in [6, 6.07) is 22.8. The lowest BCUT2D eigenvalue weighted by Crippen LogP contribution is -2.28. The molecule has 0 aliphatic heterocycles.